The lowest BCUT2D eigenvalue weighted by Crippen LogP contribution is -2.54. The highest BCUT2D eigenvalue weighted by Crippen LogP contribution is 2.36. The van der Waals surface area contributed by atoms with Gasteiger partial charge in [-0.3, -0.25) is 24.6 Å². The summed E-state index contributed by atoms with van der Waals surface area (Å²) < 4.78 is 5.71. The number of nitrogens with zero attached hydrogens (tertiary/aromatic N) is 7. The van der Waals surface area contributed by atoms with Crippen LogP contribution in [0.5, 0.6) is 5.88 Å². The number of amides is 3. The van der Waals surface area contributed by atoms with Gasteiger partial charge in [0.2, 0.25) is 29.5 Å². The van der Waals surface area contributed by atoms with Gasteiger partial charge in [0.1, 0.15) is 18.3 Å². The molecule has 4 aliphatic heterocycles. The van der Waals surface area contributed by atoms with Gasteiger partial charge in [0.25, 0.3) is 0 Å². The van der Waals surface area contributed by atoms with Crippen LogP contribution in [0.2, 0.25) is 0 Å². The Morgan fingerprint density at radius 1 is 0.845 bits per heavy atom. The van der Waals surface area contributed by atoms with Gasteiger partial charge in [-0.05, 0) is 79.1 Å². The number of rotatable bonds is 9. The molecule has 0 aliphatic carbocycles. The predicted molar refractivity (Wildman–Crippen MR) is 225 cm³/mol. The Labute approximate surface area is 336 Å². The number of piperidine rings is 1. The Morgan fingerprint density at radius 2 is 1.55 bits per heavy atom. The van der Waals surface area contributed by atoms with Crippen LogP contribution in [0.25, 0.3) is 22.0 Å². The van der Waals surface area contributed by atoms with Gasteiger partial charge in [0.05, 0.1) is 12.1 Å². The lowest BCUT2D eigenvalue weighted by Gasteiger charge is -2.39. The van der Waals surface area contributed by atoms with Crippen molar-refractivity contribution in [1.29, 1.82) is 0 Å². The van der Waals surface area contributed by atoms with Crippen molar-refractivity contribution in [3.63, 3.8) is 0 Å². The summed E-state index contributed by atoms with van der Waals surface area (Å²) in [6.07, 6.45) is 4.54. The van der Waals surface area contributed by atoms with E-state index in [0.29, 0.717) is 50.9 Å². The van der Waals surface area contributed by atoms with Crippen LogP contribution in [0.3, 0.4) is 0 Å². The Balaban J connectivity index is 0.734. The summed E-state index contributed by atoms with van der Waals surface area (Å²) in [4.78, 5) is 59.7. The lowest BCUT2D eigenvalue weighted by molar-refractivity contribution is -0.134. The second-order valence-electron chi connectivity index (χ2n) is 15.2. The first-order chi connectivity index (χ1) is 28.3. The molecule has 1 unspecified atom stereocenters. The molecule has 3 amide bonds. The number of nitrogens with one attached hydrogen (secondary N) is 4. The minimum absolute atomic E-state index is 0.181. The van der Waals surface area contributed by atoms with E-state index in [4.69, 9.17) is 9.72 Å². The van der Waals surface area contributed by atoms with E-state index in [1.54, 1.807) is 0 Å². The zero-order valence-electron chi connectivity index (χ0n) is 32.5. The Hall–Kier alpha value is -6.48. The highest BCUT2D eigenvalue weighted by molar-refractivity contribution is 6.01. The van der Waals surface area contributed by atoms with Gasteiger partial charge in [-0.2, -0.15) is 0 Å². The Kier molecular flexibility index (Phi) is 10.4. The molecule has 5 aromatic rings. The molecule has 6 heterocycles. The first-order valence-corrected chi connectivity index (χ1v) is 20.0. The number of imide groups is 1. The summed E-state index contributed by atoms with van der Waals surface area (Å²) >= 11 is 0. The molecule has 15 nitrogen and oxygen atoms in total. The molecule has 4 N–H and O–H groups in total. The third-order valence-electron chi connectivity index (χ3n) is 11.5. The maximum absolute atomic E-state index is 13.3. The third-order valence-corrected chi connectivity index (χ3v) is 11.5. The molecule has 2 aromatic heterocycles. The average molecular weight is 782 g/mol. The van der Waals surface area contributed by atoms with Gasteiger partial charge in [0, 0.05) is 111 Å². The standard InChI is InChI=1S/C43H47N11O4/c1-28-35(26-45-42-40(28)44-14-23-58-42)29-2-3-30-25-46-43(49-37(30)24-29)48-32-6-10-34(11-7-32)53-19-21-54(22-20-53)39(56)27-51-15-17-52(18-16-51)33-8-4-31(5-9-33)47-36-12-13-38(55)50-41(36)57/h2-11,24-26,36,44,47H,12-23,27H2,1H3,(H,46,48,49)(H,50,55,57). The summed E-state index contributed by atoms with van der Waals surface area (Å²) in [7, 11) is 0. The molecular weight excluding hydrogens is 735 g/mol. The number of hydrogen-bond donors (Lipinski definition) is 4. The normalized spacial score (nSPS) is 18.6. The van der Waals surface area contributed by atoms with Crippen LogP contribution in [-0.2, 0) is 14.4 Å². The number of carbonyl (C=O) groups excluding carboxylic acids is 3. The van der Waals surface area contributed by atoms with E-state index in [1.807, 2.05) is 47.6 Å². The van der Waals surface area contributed by atoms with Crippen molar-refractivity contribution in [2.24, 2.45) is 0 Å². The predicted octanol–water partition coefficient (Wildman–Crippen LogP) is 4.24. The van der Waals surface area contributed by atoms with E-state index in [0.717, 1.165) is 102 Å². The first kappa shape index (κ1) is 37.1. The van der Waals surface area contributed by atoms with Gasteiger partial charge < -0.3 is 35.4 Å². The summed E-state index contributed by atoms with van der Waals surface area (Å²) in [5.41, 5.74) is 8.92. The molecule has 298 valence electrons. The highest BCUT2D eigenvalue weighted by atomic mass is 16.5. The van der Waals surface area contributed by atoms with E-state index >= 15 is 0 Å². The van der Waals surface area contributed by atoms with Crippen molar-refractivity contribution in [1.82, 2.24) is 30.1 Å². The molecule has 3 aromatic carbocycles. The van der Waals surface area contributed by atoms with E-state index in [1.165, 1.54) is 0 Å². The number of ether oxygens (including phenoxy) is 1. The molecule has 0 spiro atoms. The van der Waals surface area contributed by atoms with Crippen molar-refractivity contribution >= 4 is 63.0 Å². The Bertz CT molecular complexity index is 2320. The van der Waals surface area contributed by atoms with Crippen molar-refractivity contribution in [2.45, 2.75) is 25.8 Å². The van der Waals surface area contributed by atoms with Gasteiger partial charge in [-0.1, -0.05) is 12.1 Å². The van der Waals surface area contributed by atoms with E-state index in [9.17, 15) is 14.4 Å². The second-order valence-corrected chi connectivity index (χ2v) is 15.2. The zero-order valence-corrected chi connectivity index (χ0v) is 32.5. The Morgan fingerprint density at radius 3 is 2.28 bits per heavy atom. The number of piperazine rings is 2. The van der Waals surface area contributed by atoms with Gasteiger partial charge in [-0.15, -0.1) is 0 Å². The quantitative estimate of drug-likeness (QED) is 0.158. The highest BCUT2D eigenvalue weighted by Gasteiger charge is 2.28. The molecule has 4 aliphatic rings. The van der Waals surface area contributed by atoms with Crippen LogP contribution in [0, 0.1) is 6.92 Å². The largest absolute Gasteiger partial charge is 0.474 e. The SMILES string of the molecule is Cc1c(-c2ccc3cnc(Nc4ccc(N5CCN(C(=O)CN6CCN(c7ccc(NC8CCC(=O)NC8=O)cc7)CC6)CC5)cc4)nc3c2)cnc2c1NCCO2. The number of carbonyl (C=O) groups is 3. The smallest absolute Gasteiger partial charge is 0.249 e. The average Bonchev–Trinajstić information content (AvgIpc) is 3.25. The number of fused-ring (bicyclic) bond motifs is 2. The maximum atomic E-state index is 13.3. The van der Waals surface area contributed by atoms with Crippen LogP contribution in [0.1, 0.15) is 18.4 Å². The molecule has 3 fully saturated rings. The molecule has 15 heteroatoms. The maximum Gasteiger partial charge on any atom is 0.249 e. The van der Waals surface area contributed by atoms with Gasteiger partial charge in [0.15, 0.2) is 0 Å². The second kappa shape index (κ2) is 16.2. The fourth-order valence-electron chi connectivity index (χ4n) is 8.12. The number of benzene rings is 3. The fourth-order valence-corrected chi connectivity index (χ4v) is 8.12. The van der Waals surface area contributed by atoms with E-state index < -0.39 is 6.04 Å². The van der Waals surface area contributed by atoms with Gasteiger partial charge >= 0.3 is 0 Å². The van der Waals surface area contributed by atoms with Crippen molar-refractivity contribution < 1.29 is 19.1 Å². The minimum atomic E-state index is -0.402. The van der Waals surface area contributed by atoms with Crippen molar-refractivity contribution in [3.8, 4) is 17.0 Å². The third kappa shape index (κ3) is 8.03. The fraction of sp³-hybridized carbons (Fsp3) is 0.349. The summed E-state index contributed by atoms with van der Waals surface area (Å²) in [6.45, 7) is 10.1. The summed E-state index contributed by atoms with van der Waals surface area (Å²) in [5.74, 6) is 0.857. The molecule has 0 radical (unpaired) electrons. The number of anilines is 6. The molecule has 58 heavy (non-hydrogen) atoms. The van der Waals surface area contributed by atoms with Crippen molar-refractivity contribution in [2.75, 3.05) is 97.8 Å². The molecular formula is C43H47N11O4. The summed E-state index contributed by atoms with van der Waals surface area (Å²) in [5, 5.41) is 13.4. The molecule has 0 bridgehead atoms. The zero-order chi connectivity index (χ0) is 39.6. The van der Waals surface area contributed by atoms with Gasteiger partial charge in [-0.25, -0.2) is 15.0 Å². The minimum Gasteiger partial charge on any atom is -0.474 e. The van der Waals surface area contributed by atoms with Crippen molar-refractivity contribution in [3.05, 3.63) is 84.7 Å². The summed E-state index contributed by atoms with van der Waals surface area (Å²) in [6, 6.07) is 22.1. The first-order valence-electron chi connectivity index (χ1n) is 20.0. The van der Waals surface area contributed by atoms with Crippen LogP contribution in [-0.4, -0.2) is 121 Å². The van der Waals surface area contributed by atoms with Crippen LogP contribution in [0.15, 0.2) is 79.1 Å². The van der Waals surface area contributed by atoms with E-state index in [-0.39, 0.29) is 17.7 Å². The van der Waals surface area contributed by atoms with Crippen LogP contribution >= 0.6 is 0 Å². The van der Waals surface area contributed by atoms with E-state index in [2.05, 4.69) is 89.3 Å². The number of pyridine rings is 1. The monoisotopic (exact) mass is 781 g/mol. The van der Waals surface area contributed by atoms with Crippen LogP contribution < -0.4 is 35.8 Å². The molecule has 1 atom stereocenters. The number of aromatic nitrogens is 3. The molecule has 9 rings (SSSR count). The molecule has 3 saturated heterocycles. The molecule has 0 saturated carbocycles. The van der Waals surface area contributed by atoms with Crippen LogP contribution in [0.4, 0.5) is 34.4 Å². The lowest BCUT2D eigenvalue weighted by atomic mass is 10.00. The topological polar surface area (TPSA) is 160 Å². The number of hydrogen-bond acceptors (Lipinski definition) is 13.